The SMILES string of the molecule is CCC=Nn1c(-c2ccc(OC)cc2)n[nH]c1=S. The highest BCUT2D eigenvalue weighted by molar-refractivity contribution is 7.71. The van der Waals surface area contributed by atoms with Crippen molar-refractivity contribution in [2.24, 2.45) is 5.10 Å². The molecule has 2 aromatic rings. The maximum Gasteiger partial charge on any atom is 0.216 e. The molecule has 0 atom stereocenters. The minimum atomic E-state index is 0.477. The van der Waals surface area contributed by atoms with Crippen molar-refractivity contribution in [3.63, 3.8) is 0 Å². The van der Waals surface area contributed by atoms with E-state index in [1.165, 1.54) is 0 Å². The van der Waals surface area contributed by atoms with Gasteiger partial charge in [-0.25, -0.2) is 5.10 Å². The largest absolute Gasteiger partial charge is 0.497 e. The molecule has 6 heteroatoms. The van der Waals surface area contributed by atoms with Gasteiger partial charge in [0.15, 0.2) is 5.82 Å². The van der Waals surface area contributed by atoms with Crippen LogP contribution < -0.4 is 4.74 Å². The summed E-state index contributed by atoms with van der Waals surface area (Å²) < 4.78 is 7.21. The van der Waals surface area contributed by atoms with Crippen LogP contribution in [0.5, 0.6) is 5.75 Å². The molecular weight excluding hydrogens is 248 g/mol. The Labute approximate surface area is 110 Å². The van der Waals surface area contributed by atoms with Gasteiger partial charge >= 0.3 is 0 Å². The van der Waals surface area contributed by atoms with Crippen molar-refractivity contribution in [3.8, 4) is 17.1 Å². The first-order chi connectivity index (χ1) is 8.76. The smallest absolute Gasteiger partial charge is 0.216 e. The zero-order chi connectivity index (χ0) is 13.0. The number of nitrogens with one attached hydrogen (secondary N) is 1. The number of rotatable bonds is 4. The van der Waals surface area contributed by atoms with Crippen LogP contribution in [0.1, 0.15) is 13.3 Å². The Balaban J connectivity index is 2.43. The monoisotopic (exact) mass is 262 g/mol. The van der Waals surface area contributed by atoms with Crippen LogP contribution in [-0.4, -0.2) is 28.2 Å². The highest BCUT2D eigenvalue weighted by atomic mass is 32.1. The van der Waals surface area contributed by atoms with Crippen LogP contribution in [0.4, 0.5) is 0 Å². The average molecular weight is 262 g/mol. The number of ether oxygens (including phenoxy) is 1. The highest BCUT2D eigenvalue weighted by Gasteiger charge is 2.07. The van der Waals surface area contributed by atoms with Crippen molar-refractivity contribution in [2.75, 3.05) is 7.11 Å². The second kappa shape index (κ2) is 5.59. The number of aromatic nitrogens is 3. The fourth-order valence-corrected chi connectivity index (χ4v) is 1.67. The topological polar surface area (TPSA) is 55.2 Å². The van der Waals surface area contributed by atoms with Gasteiger partial charge in [0.1, 0.15) is 5.75 Å². The summed E-state index contributed by atoms with van der Waals surface area (Å²) in [5, 5.41) is 11.2. The van der Waals surface area contributed by atoms with Gasteiger partial charge in [-0.3, -0.25) is 0 Å². The number of benzene rings is 1. The third-order valence-electron chi connectivity index (χ3n) is 2.38. The summed E-state index contributed by atoms with van der Waals surface area (Å²) in [5.41, 5.74) is 0.927. The van der Waals surface area contributed by atoms with E-state index in [0.29, 0.717) is 10.6 Å². The first-order valence-corrected chi connectivity index (χ1v) is 6.01. The molecule has 18 heavy (non-hydrogen) atoms. The summed E-state index contributed by atoms with van der Waals surface area (Å²) >= 11 is 5.14. The molecule has 2 rings (SSSR count). The van der Waals surface area contributed by atoms with Crippen molar-refractivity contribution in [2.45, 2.75) is 13.3 Å². The number of aromatic amines is 1. The molecule has 1 heterocycles. The Kier molecular flexibility index (Phi) is 3.88. The first-order valence-electron chi connectivity index (χ1n) is 5.61. The summed E-state index contributed by atoms with van der Waals surface area (Å²) in [5.74, 6) is 1.49. The molecule has 1 aromatic heterocycles. The Morgan fingerprint density at radius 1 is 1.44 bits per heavy atom. The van der Waals surface area contributed by atoms with E-state index in [-0.39, 0.29) is 0 Å². The number of hydrogen-bond donors (Lipinski definition) is 1. The Hall–Kier alpha value is -1.95. The van der Waals surface area contributed by atoms with Crippen LogP contribution in [-0.2, 0) is 0 Å². The Morgan fingerprint density at radius 2 is 2.17 bits per heavy atom. The van der Waals surface area contributed by atoms with Crippen molar-refractivity contribution in [3.05, 3.63) is 29.0 Å². The minimum absolute atomic E-state index is 0.477. The van der Waals surface area contributed by atoms with E-state index < -0.39 is 0 Å². The molecule has 0 bridgehead atoms. The molecule has 94 valence electrons. The van der Waals surface area contributed by atoms with Crippen molar-refractivity contribution in [1.82, 2.24) is 14.9 Å². The molecule has 0 unspecified atom stereocenters. The van der Waals surface area contributed by atoms with Crippen LogP contribution in [0.15, 0.2) is 29.4 Å². The lowest BCUT2D eigenvalue weighted by atomic mass is 10.2. The number of nitrogens with zero attached hydrogens (tertiary/aromatic N) is 3. The third kappa shape index (κ3) is 2.48. The van der Waals surface area contributed by atoms with Crippen LogP contribution in [0.3, 0.4) is 0 Å². The lowest BCUT2D eigenvalue weighted by molar-refractivity contribution is 0.415. The third-order valence-corrected chi connectivity index (χ3v) is 2.64. The maximum absolute atomic E-state index is 5.14. The molecule has 5 nitrogen and oxygen atoms in total. The zero-order valence-corrected chi connectivity index (χ0v) is 11.1. The van der Waals surface area contributed by atoms with Crippen molar-refractivity contribution in [1.29, 1.82) is 0 Å². The van der Waals surface area contributed by atoms with Gasteiger partial charge in [-0.2, -0.15) is 14.9 Å². The van der Waals surface area contributed by atoms with Crippen molar-refractivity contribution < 1.29 is 4.74 Å². The van der Waals surface area contributed by atoms with Crippen molar-refractivity contribution >= 4 is 18.4 Å². The van der Waals surface area contributed by atoms with E-state index in [9.17, 15) is 0 Å². The number of H-pyrrole nitrogens is 1. The van der Waals surface area contributed by atoms with Gasteiger partial charge in [0, 0.05) is 11.8 Å². The summed E-state index contributed by atoms with van der Waals surface area (Å²) in [4.78, 5) is 0. The van der Waals surface area contributed by atoms with Gasteiger partial charge in [0.05, 0.1) is 7.11 Å². The molecule has 0 amide bonds. The van der Waals surface area contributed by atoms with Gasteiger partial charge in [-0.15, -0.1) is 0 Å². The normalized spacial score (nSPS) is 11.0. The van der Waals surface area contributed by atoms with Crippen LogP contribution in [0, 0.1) is 4.77 Å². The first kappa shape index (κ1) is 12.5. The molecule has 0 aliphatic carbocycles. The van der Waals surface area contributed by atoms with Gasteiger partial charge in [0.2, 0.25) is 4.77 Å². The fraction of sp³-hybridized carbons (Fsp3) is 0.250. The van der Waals surface area contributed by atoms with Crippen LogP contribution in [0.2, 0.25) is 0 Å². The van der Waals surface area contributed by atoms with Gasteiger partial charge in [-0.1, -0.05) is 6.92 Å². The number of hydrogen-bond acceptors (Lipinski definition) is 4. The van der Waals surface area contributed by atoms with E-state index in [0.717, 1.165) is 17.7 Å². The molecule has 0 fully saturated rings. The lowest BCUT2D eigenvalue weighted by Gasteiger charge is -2.02. The zero-order valence-electron chi connectivity index (χ0n) is 10.3. The predicted octanol–water partition coefficient (Wildman–Crippen LogP) is 2.86. The summed E-state index contributed by atoms with van der Waals surface area (Å²) in [6.07, 6.45) is 2.63. The van der Waals surface area contributed by atoms with Gasteiger partial charge < -0.3 is 4.74 Å². The Bertz CT molecular complexity index is 597. The summed E-state index contributed by atoms with van der Waals surface area (Å²) in [7, 11) is 1.64. The highest BCUT2D eigenvalue weighted by Crippen LogP contribution is 2.20. The lowest BCUT2D eigenvalue weighted by Crippen LogP contribution is -1.94. The predicted molar refractivity (Wildman–Crippen MR) is 73.6 cm³/mol. The fourth-order valence-electron chi connectivity index (χ4n) is 1.49. The second-order valence-electron chi connectivity index (χ2n) is 3.60. The van der Waals surface area contributed by atoms with Gasteiger partial charge in [0.25, 0.3) is 0 Å². The standard InChI is InChI=1S/C12H14N4OS/c1-3-8-13-16-11(14-15-12(16)18)9-4-6-10(17-2)7-5-9/h4-8H,3H2,1-2H3,(H,15,18). The van der Waals surface area contributed by atoms with E-state index in [1.54, 1.807) is 18.0 Å². The molecule has 0 saturated heterocycles. The molecule has 0 radical (unpaired) electrons. The molecule has 0 spiro atoms. The molecule has 1 aromatic carbocycles. The minimum Gasteiger partial charge on any atom is -0.497 e. The van der Waals surface area contributed by atoms with E-state index in [2.05, 4.69) is 15.3 Å². The van der Waals surface area contributed by atoms with Crippen LogP contribution in [0.25, 0.3) is 11.4 Å². The Morgan fingerprint density at radius 3 is 2.78 bits per heavy atom. The average Bonchev–Trinajstić information content (AvgIpc) is 2.78. The van der Waals surface area contributed by atoms with Crippen LogP contribution >= 0.6 is 12.2 Å². The molecule has 0 aliphatic rings. The molecule has 0 aliphatic heterocycles. The summed E-state index contributed by atoms with van der Waals surface area (Å²) in [6.45, 7) is 2.01. The summed E-state index contributed by atoms with van der Waals surface area (Å²) in [6, 6.07) is 7.59. The molecule has 1 N–H and O–H groups in total. The molecule has 0 saturated carbocycles. The van der Waals surface area contributed by atoms with E-state index in [1.807, 2.05) is 31.2 Å². The van der Waals surface area contributed by atoms with Gasteiger partial charge in [-0.05, 0) is 42.9 Å². The second-order valence-corrected chi connectivity index (χ2v) is 3.99. The maximum atomic E-state index is 5.14. The number of methoxy groups -OCH3 is 1. The van der Waals surface area contributed by atoms with E-state index >= 15 is 0 Å². The quantitative estimate of drug-likeness (QED) is 0.681. The molecular formula is C12H14N4OS. The van der Waals surface area contributed by atoms with E-state index in [4.69, 9.17) is 17.0 Å².